The average molecular weight is 289 g/mol. The molecule has 88 valence electrons. The second kappa shape index (κ2) is 5.81. The first-order valence-corrected chi connectivity index (χ1v) is 5.53. The fourth-order valence-electron chi connectivity index (χ4n) is 1.32. The van der Waals surface area contributed by atoms with Crippen molar-refractivity contribution in [2.75, 3.05) is 25.6 Å². The van der Waals surface area contributed by atoms with E-state index < -0.39 is 4.92 Å². The van der Waals surface area contributed by atoms with E-state index in [2.05, 4.69) is 21.2 Å². The summed E-state index contributed by atoms with van der Waals surface area (Å²) in [6, 6.07) is 3.38. The standard InChI is InChI=1S/C10H13BrN2O3/c1-7-5-8(11)10(12-3-4-16-2)9(6-7)13(14)15/h5-6,12H,3-4H2,1-2H3. The molecule has 1 rings (SSSR count). The number of halogens is 1. The Balaban J connectivity index is 2.99. The van der Waals surface area contributed by atoms with Gasteiger partial charge in [-0.05, 0) is 34.5 Å². The predicted molar refractivity (Wildman–Crippen MR) is 65.9 cm³/mol. The van der Waals surface area contributed by atoms with Gasteiger partial charge >= 0.3 is 0 Å². The molecule has 0 fully saturated rings. The molecule has 0 aliphatic carbocycles. The molecule has 0 spiro atoms. The van der Waals surface area contributed by atoms with Crippen LogP contribution in [-0.2, 0) is 4.74 Å². The maximum atomic E-state index is 10.9. The smallest absolute Gasteiger partial charge is 0.293 e. The summed E-state index contributed by atoms with van der Waals surface area (Å²) in [4.78, 5) is 10.5. The Hall–Kier alpha value is -1.14. The Morgan fingerprint density at radius 2 is 2.25 bits per heavy atom. The number of ether oxygens (including phenoxy) is 1. The topological polar surface area (TPSA) is 64.4 Å². The SMILES string of the molecule is COCCNc1c(Br)cc(C)cc1[N+](=O)[O-]. The van der Waals surface area contributed by atoms with E-state index >= 15 is 0 Å². The van der Waals surface area contributed by atoms with Crippen LogP contribution in [0.1, 0.15) is 5.56 Å². The van der Waals surface area contributed by atoms with E-state index in [1.807, 2.05) is 13.0 Å². The quantitative estimate of drug-likeness (QED) is 0.514. The number of aryl methyl sites for hydroxylation is 1. The Kier molecular flexibility index (Phi) is 4.70. The van der Waals surface area contributed by atoms with Gasteiger partial charge in [0.25, 0.3) is 5.69 Å². The lowest BCUT2D eigenvalue weighted by Crippen LogP contribution is -2.09. The highest BCUT2D eigenvalue weighted by atomic mass is 79.9. The Labute approximate surface area is 102 Å². The van der Waals surface area contributed by atoms with E-state index in [0.29, 0.717) is 23.3 Å². The molecular formula is C10H13BrN2O3. The zero-order valence-electron chi connectivity index (χ0n) is 9.12. The van der Waals surface area contributed by atoms with Crippen LogP contribution in [0, 0.1) is 17.0 Å². The molecule has 16 heavy (non-hydrogen) atoms. The summed E-state index contributed by atoms with van der Waals surface area (Å²) in [6.45, 7) is 2.84. The maximum absolute atomic E-state index is 10.9. The number of benzene rings is 1. The van der Waals surface area contributed by atoms with E-state index in [1.165, 1.54) is 0 Å². The fourth-order valence-corrected chi connectivity index (χ4v) is 2.03. The minimum absolute atomic E-state index is 0.0722. The third-order valence-electron chi connectivity index (χ3n) is 2.02. The number of nitrogens with one attached hydrogen (secondary N) is 1. The molecule has 0 heterocycles. The van der Waals surface area contributed by atoms with Crippen LogP contribution in [0.25, 0.3) is 0 Å². The number of anilines is 1. The van der Waals surface area contributed by atoms with Gasteiger partial charge in [-0.2, -0.15) is 0 Å². The summed E-state index contributed by atoms with van der Waals surface area (Å²) in [7, 11) is 1.58. The molecule has 5 nitrogen and oxygen atoms in total. The first kappa shape index (κ1) is 12.9. The number of methoxy groups -OCH3 is 1. The van der Waals surface area contributed by atoms with E-state index in [9.17, 15) is 10.1 Å². The van der Waals surface area contributed by atoms with Gasteiger partial charge in [0.05, 0.1) is 11.5 Å². The zero-order chi connectivity index (χ0) is 12.1. The van der Waals surface area contributed by atoms with Gasteiger partial charge in [-0.25, -0.2) is 0 Å². The van der Waals surface area contributed by atoms with Gasteiger partial charge in [-0.1, -0.05) is 0 Å². The van der Waals surface area contributed by atoms with Gasteiger partial charge in [-0.15, -0.1) is 0 Å². The first-order valence-electron chi connectivity index (χ1n) is 4.73. The number of rotatable bonds is 5. The van der Waals surface area contributed by atoms with Gasteiger partial charge in [-0.3, -0.25) is 10.1 Å². The molecule has 0 bridgehead atoms. The van der Waals surface area contributed by atoms with Crippen molar-refractivity contribution in [3.63, 3.8) is 0 Å². The van der Waals surface area contributed by atoms with Crippen LogP contribution in [0.2, 0.25) is 0 Å². The number of nitro groups is 1. The molecule has 0 aliphatic rings. The number of nitro benzene ring substituents is 1. The van der Waals surface area contributed by atoms with Crippen molar-refractivity contribution in [3.05, 3.63) is 32.3 Å². The number of nitrogens with zero attached hydrogens (tertiary/aromatic N) is 1. The molecule has 0 radical (unpaired) electrons. The van der Waals surface area contributed by atoms with Crippen LogP contribution >= 0.6 is 15.9 Å². The van der Waals surface area contributed by atoms with Gasteiger partial charge < -0.3 is 10.1 Å². The summed E-state index contributed by atoms with van der Waals surface area (Å²) in [6.07, 6.45) is 0. The lowest BCUT2D eigenvalue weighted by Gasteiger charge is -2.09. The van der Waals surface area contributed by atoms with Crippen molar-refractivity contribution in [1.82, 2.24) is 0 Å². The van der Waals surface area contributed by atoms with Crippen LogP contribution in [0.15, 0.2) is 16.6 Å². The molecule has 0 aliphatic heterocycles. The lowest BCUT2D eigenvalue weighted by molar-refractivity contribution is -0.384. The van der Waals surface area contributed by atoms with E-state index in [1.54, 1.807) is 13.2 Å². The highest BCUT2D eigenvalue weighted by Gasteiger charge is 2.17. The summed E-state index contributed by atoms with van der Waals surface area (Å²) in [5, 5.41) is 13.8. The third-order valence-corrected chi connectivity index (χ3v) is 2.64. The Morgan fingerprint density at radius 1 is 1.56 bits per heavy atom. The normalized spacial score (nSPS) is 10.2. The minimum Gasteiger partial charge on any atom is -0.383 e. The molecule has 1 aromatic carbocycles. The van der Waals surface area contributed by atoms with E-state index in [4.69, 9.17) is 4.74 Å². The number of hydrogen-bond donors (Lipinski definition) is 1. The molecule has 1 N–H and O–H groups in total. The Bertz CT molecular complexity index is 396. The van der Waals surface area contributed by atoms with Crippen molar-refractivity contribution in [1.29, 1.82) is 0 Å². The molecule has 0 amide bonds. The summed E-state index contributed by atoms with van der Waals surface area (Å²) in [5.74, 6) is 0. The Morgan fingerprint density at radius 3 is 2.81 bits per heavy atom. The maximum Gasteiger partial charge on any atom is 0.293 e. The largest absolute Gasteiger partial charge is 0.383 e. The van der Waals surface area contributed by atoms with Gasteiger partial charge in [0.2, 0.25) is 0 Å². The average Bonchev–Trinajstić information content (AvgIpc) is 2.20. The minimum atomic E-state index is -0.396. The molecule has 0 saturated heterocycles. The highest BCUT2D eigenvalue weighted by Crippen LogP contribution is 2.33. The monoisotopic (exact) mass is 288 g/mol. The lowest BCUT2D eigenvalue weighted by atomic mass is 10.2. The van der Waals surface area contributed by atoms with Gasteiger partial charge in [0.1, 0.15) is 5.69 Å². The second-order valence-electron chi connectivity index (χ2n) is 3.32. The van der Waals surface area contributed by atoms with Crippen molar-refractivity contribution in [2.24, 2.45) is 0 Å². The van der Waals surface area contributed by atoms with Crippen molar-refractivity contribution in [2.45, 2.75) is 6.92 Å². The van der Waals surface area contributed by atoms with Crippen LogP contribution < -0.4 is 5.32 Å². The van der Waals surface area contributed by atoms with Crippen LogP contribution in [0.3, 0.4) is 0 Å². The van der Waals surface area contributed by atoms with Crippen LogP contribution in [0.5, 0.6) is 0 Å². The molecule has 0 aromatic heterocycles. The van der Waals surface area contributed by atoms with Crippen molar-refractivity contribution >= 4 is 27.3 Å². The highest BCUT2D eigenvalue weighted by molar-refractivity contribution is 9.10. The second-order valence-corrected chi connectivity index (χ2v) is 4.17. The molecular weight excluding hydrogens is 276 g/mol. The molecule has 0 unspecified atom stereocenters. The van der Waals surface area contributed by atoms with E-state index in [0.717, 1.165) is 5.56 Å². The van der Waals surface area contributed by atoms with Crippen molar-refractivity contribution < 1.29 is 9.66 Å². The third kappa shape index (κ3) is 3.18. The molecule has 0 atom stereocenters. The predicted octanol–water partition coefficient (Wildman–Crippen LogP) is 2.72. The zero-order valence-corrected chi connectivity index (χ0v) is 10.7. The van der Waals surface area contributed by atoms with Crippen LogP contribution in [-0.4, -0.2) is 25.2 Å². The summed E-state index contributed by atoms with van der Waals surface area (Å²) >= 11 is 3.31. The molecule has 0 saturated carbocycles. The van der Waals surface area contributed by atoms with Gasteiger partial charge in [0, 0.05) is 24.2 Å². The summed E-state index contributed by atoms with van der Waals surface area (Å²) in [5.41, 5.74) is 1.41. The van der Waals surface area contributed by atoms with Crippen LogP contribution in [0.4, 0.5) is 11.4 Å². The summed E-state index contributed by atoms with van der Waals surface area (Å²) < 4.78 is 5.57. The number of hydrogen-bond acceptors (Lipinski definition) is 4. The van der Waals surface area contributed by atoms with E-state index in [-0.39, 0.29) is 5.69 Å². The van der Waals surface area contributed by atoms with Gasteiger partial charge in [0.15, 0.2) is 0 Å². The fraction of sp³-hybridized carbons (Fsp3) is 0.400. The molecule has 1 aromatic rings. The van der Waals surface area contributed by atoms with Crippen molar-refractivity contribution in [3.8, 4) is 0 Å². The first-order chi connectivity index (χ1) is 7.56. The molecule has 6 heteroatoms.